The predicted octanol–water partition coefficient (Wildman–Crippen LogP) is 4.33. The maximum atomic E-state index is 13.1. The molecule has 0 unspecified atom stereocenters. The number of anilines is 2. The molecule has 1 fully saturated rings. The normalized spacial score (nSPS) is 14.9. The number of hydrogen-bond donors (Lipinski definition) is 1. The van der Waals surface area contributed by atoms with E-state index < -0.39 is 0 Å². The fourth-order valence-corrected chi connectivity index (χ4v) is 5.37. The van der Waals surface area contributed by atoms with Crippen LogP contribution in [0.5, 0.6) is 0 Å². The molecule has 0 atom stereocenters. The molecule has 164 valence electrons. The molecule has 1 saturated heterocycles. The molecule has 1 aliphatic rings. The van der Waals surface area contributed by atoms with Crippen LogP contribution in [-0.2, 0) is 0 Å². The highest BCUT2D eigenvalue weighted by atomic mass is 32.1. The van der Waals surface area contributed by atoms with E-state index in [1.165, 1.54) is 17.8 Å². The van der Waals surface area contributed by atoms with E-state index in [0.717, 1.165) is 65.2 Å². The zero-order valence-electron chi connectivity index (χ0n) is 18.3. The van der Waals surface area contributed by atoms with Crippen molar-refractivity contribution in [1.29, 1.82) is 0 Å². The highest BCUT2D eigenvalue weighted by molar-refractivity contribution is 7.20. The average Bonchev–Trinajstić information content (AvgIpc) is 3.17. The summed E-state index contributed by atoms with van der Waals surface area (Å²) in [6, 6.07) is 9.82. The van der Waals surface area contributed by atoms with Gasteiger partial charge in [0.2, 0.25) is 0 Å². The van der Waals surface area contributed by atoms with Gasteiger partial charge in [-0.05, 0) is 37.6 Å². The quantitative estimate of drug-likeness (QED) is 0.492. The summed E-state index contributed by atoms with van der Waals surface area (Å²) in [5, 5.41) is 4.99. The van der Waals surface area contributed by atoms with Crippen LogP contribution in [0.2, 0.25) is 0 Å². The number of aromatic nitrogens is 3. The molecule has 1 N–H and O–H groups in total. The van der Waals surface area contributed by atoms with Crippen molar-refractivity contribution in [3.63, 3.8) is 0 Å². The van der Waals surface area contributed by atoms with E-state index in [9.17, 15) is 4.79 Å². The summed E-state index contributed by atoms with van der Waals surface area (Å²) in [6.07, 6.45) is 4.48. The van der Waals surface area contributed by atoms with Crippen LogP contribution >= 0.6 is 11.3 Å². The van der Waals surface area contributed by atoms with Crippen molar-refractivity contribution >= 4 is 49.9 Å². The summed E-state index contributed by atoms with van der Waals surface area (Å²) >= 11 is 1.42. The van der Waals surface area contributed by atoms with E-state index in [1.54, 1.807) is 12.5 Å². The Morgan fingerprint density at radius 3 is 2.75 bits per heavy atom. The molecule has 8 heteroatoms. The minimum atomic E-state index is -0.138. The Bertz CT molecular complexity index is 1280. The Kier molecular flexibility index (Phi) is 5.71. The summed E-state index contributed by atoms with van der Waals surface area (Å²) in [6.45, 7) is 9.29. The van der Waals surface area contributed by atoms with Gasteiger partial charge in [0.1, 0.15) is 17.0 Å². The van der Waals surface area contributed by atoms with E-state index in [-0.39, 0.29) is 5.91 Å². The molecule has 1 aromatic carbocycles. The van der Waals surface area contributed by atoms with Crippen LogP contribution in [0.3, 0.4) is 0 Å². The monoisotopic (exact) mass is 446 g/mol. The van der Waals surface area contributed by atoms with Gasteiger partial charge in [-0.1, -0.05) is 25.1 Å². The Hall–Kier alpha value is -3.10. The lowest BCUT2D eigenvalue weighted by Gasteiger charge is -2.35. The third-order valence-electron chi connectivity index (χ3n) is 5.97. The van der Waals surface area contributed by atoms with Gasteiger partial charge in [-0.2, -0.15) is 0 Å². The second-order valence-corrected chi connectivity index (χ2v) is 9.13. The number of hydrogen-bond acceptors (Lipinski definition) is 7. The van der Waals surface area contributed by atoms with Gasteiger partial charge >= 0.3 is 0 Å². The molecule has 0 aliphatic carbocycles. The standard InChI is InChI=1S/C24H26N6OS/c1-3-8-29-9-11-30(12-10-29)22-20-16(2)21(32-24(20)27-15-26-22)23(31)28-18-13-17-6-4-5-7-19(17)25-14-18/h4-7,13-15H,3,8-12H2,1-2H3,(H,28,31). The van der Waals surface area contributed by atoms with Crippen molar-refractivity contribution in [2.24, 2.45) is 0 Å². The Balaban J connectivity index is 1.41. The SMILES string of the molecule is CCCN1CCN(c2ncnc3sc(C(=O)Nc4cnc5ccccc5c4)c(C)c23)CC1. The van der Waals surface area contributed by atoms with Crippen molar-refractivity contribution in [3.8, 4) is 0 Å². The lowest BCUT2D eigenvalue weighted by atomic mass is 10.1. The number of pyridine rings is 1. The maximum absolute atomic E-state index is 13.1. The number of piperazine rings is 1. The van der Waals surface area contributed by atoms with E-state index in [2.05, 4.69) is 37.0 Å². The number of benzene rings is 1. The third kappa shape index (κ3) is 3.91. The first kappa shape index (κ1) is 20.8. The average molecular weight is 447 g/mol. The molecule has 0 bridgehead atoms. The van der Waals surface area contributed by atoms with E-state index in [4.69, 9.17) is 0 Å². The van der Waals surface area contributed by atoms with Crippen molar-refractivity contribution in [2.75, 3.05) is 42.9 Å². The molecule has 7 nitrogen and oxygen atoms in total. The van der Waals surface area contributed by atoms with Crippen molar-refractivity contribution in [3.05, 3.63) is 53.3 Å². The number of fused-ring (bicyclic) bond motifs is 2. The van der Waals surface area contributed by atoms with Gasteiger partial charge in [0.15, 0.2) is 0 Å². The van der Waals surface area contributed by atoms with Crippen molar-refractivity contribution in [2.45, 2.75) is 20.3 Å². The van der Waals surface area contributed by atoms with Gasteiger partial charge in [-0.3, -0.25) is 14.7 Å². The van der Waals surface area contributed by atoms with Crippen molar-refractivity contribution in [1.82, 2.24) is 19.9 Å². The molecule has 0 radical (unpaired) electrons. The maximum Gasteiger partial charge on any atom is 0.266 e. The molecule has 5 rings (SSSR count). The number of carbonyl (C=O) groups excluding carboxylic acids is 1. The number of para-hydroxylation sites is 1. The van der Waals surface area contributed by atoms with Gasteiger partial charge in [0, 0.05) is 31.6 Å². The minimum absolute atomic E-state index is 0.138. The first-order chi connectivity index (χ1) is 15.6. The fraction of sp³-hybridized carbons (Fsp3) is 0.333. The number of carbonyl (C=O) groups is 1. The number of amides is 1. The molecule has 4 heterocycles. The van der Waals surface area contributed by atoms with E-state index >= 15 is 0 Å². The summed E-state index contributed by atoms with van der Waals surface area (Å²) in [4.78, 5) is 33.0. The number of nitrogens with one attached hydrogen (secondary N) is 1. The predicted molar refractivity (Wildman–Crippen MR) is 131 cm³/mol. The van der Waals surface area contributed by atoms with E-state index in [1.807, 2.05) is 37.3 Å². The molecule has 3 aromatic heterocycles. The Labute approximate surface area is 191 Å². The molecule has 32 heavy (non-hydrogen) atoms. The first-order valence-corrected chi connectivity index (χ1v) is 11.8. The molecular weight excluding hydrogens is 420 g/mol. The van der Waals surface area contributed by atoms with Crippen LogP contribution in [-0.4, -0.2) is 58.5 Å². The lowest BCUT2D eigenvalue weighted by molar-refractivity contribution is 0.103. The van der Waals surface area contributed by atoms with Gasteiger partial charge in [0.25, 0.3) is 5.91 Å². The Morgan fingerprint density at radius 2 is 1.94 bits per heavy atom. The molecule has 4 aromatic rings. The van der Waals surface area contributed by atoms with E-state index in [0.29, 0.717) is 10.6 Å². The van der Waals surface area contributed by atoms with Gasteiger partial charge in [-0.15, -0.1) is 11.3 Å². The van der Waals surface area contributed by atoms with Gasteiger partial charge in [-0.25, -0.2) is 9.97 Å². The Morgan fingerprint density at radius 1 is 1.12 bits per heavy atom. The van der Waals surface area contributed by atoms with Crippen LogP contribution < -0.4 is 10.2 Å². The van der Waals surface area contributed by atoms with Crippen LogP contribution in [0.25, 0.3) is 21.1 Å². The molecule has 1 amide bonds. The molecule has 0 saturated carbocycles. The number of thiophene rings is 1. The molecule has 1 aliphatic heterocycles. The highest BCUT2D eigenvalue weighted by Gasteiger charge is 2.24. The fourth-order valence-electron chi connectivity index (χ4n) is 4.34. The topological polar surface area (TPSA) is 74.2 Å². The summed E-state index contributed by atoms with van der Waals surface area (Å²) < 4.78 is 0. The minimum Gasteiger partial charge on any atom is -0.353 e. The van der Waals surface area contributed by atoms with Gasteiger partial charge < -0.3 is 10.2 Å². The van der Waals surface area contributed by atoms with Crippen LogP contribution in [0.15, 0.2) is 42.9 Å². The number of nitrogens with zero attached hydrogens (tertiary/aromatic N) is 5. The smallest absolute Gasteiger partial charge is 0.266 e. The van der Waals surface area contributed by atoms with Crippen molar-refractivity contribution < 1.29 is 4.79 Å². The van der Waals surface area contributed by atoms with Crippen LogP contribution in [0, 0.1) is 6.92 Å². The summed E-state index contributed by atoms with van der Waals surface area (Å²) in [7, 11) is 0. The lowest BCUT2D eigenvalue weighted by Crippen LogP contribution is -2.46. The highest BCUT2D eigenvalue weighted by Crippen LogP contribution is 2.35. The van der Waals surface area contributed by atoms with Crippen LogP contribution in [0.1, 0.15) is 28.6 Å². The zero-order chi connectivity index (χ0) is 22.1. The summed E-state index contributed by atoms with van der Waals surface area (Å²) in [5.74, 6) is 0.799. The second kappa shape index (κ2) is 8.80. The zero-order valence-corrected chi connectivity index (χ0v) is 19.2. The summed E-state index contributed by atoms with van der Waals surface area (Å²) in [5.41, 5.74) is 2.52. The van der Waals surface area contributed by atoms with Crippen LogP contribution in [0.4, 0.5) is 11.5 Å². The van der Waals surface area contributed by atoms with Gasteiger partial charge in [0.05, 0.1) is 27.7 Å². The number of rotatable bonds is 5. The molecular formula is C24H26N6OS. The second-order valence-electron chi connectivity index (χ2n) is 8.13. The first-order valence-electron chi connectivity index (χ1n) is 11.0. The number of aryl methyl sites for hydroxylation is 1. The largest absolute Gasteiger partial charge is 0.353 e. The molecule has 0 spiro atoms. The third-order valence-corrected chi connectivity index (χ3v) is 7.17.